The number of nitrogens with zero attached hydrogens (tertiary/aromatic N) is 3. The van der Waals surface area contributed by atoms with E-state index in [9.17, 15) is 23.2 Å². The molecule has 0 spiro atoms. The maximum absolute atomic E-state index is 13.6. The molecule has 2 aliphatic heterocycles. The number of ether oxygens (including phenoxy) is 2. The van der Waals surface area contributed by atoms with Gasteiger partial charge in [0, 0.05) is 14.1 Å². The molecule has 0 amide bonds. The number of fused-ring (bicyclic) bond motifs is 1. The highest BCUT2D eigenvalue weighted by Gasteiger charge is 2.49. The Kier molecular flexibility index (Phi) is 4.62. The van der Waals surface area contributed by atoms with E-state index >= 15 is 0 Å². The minimum absolute atomic E-state index is 0.0536. The van der Waals surface area contributed by atoms with Gasteiger partial charge in [-0.05, 0) is 37.0 Å². The molecule has 0 aromatic heterocycles. The Balaban J connectivity index is 1.83. The van der Waals surface area contributed by atoms with Gasteiger partial charge in [-0.1, -0.05) is 15.9 Å². The lowest BCUT2D eigenvalue weighted by atomic mass is 9.99. The van der Waals surface area contributed by atoms with Crippen LogP contribution < -0.4 is 4.74 Å². The van der Waals surface area contributed by atoms with Crippen LogP contribution in [0.3, 0.4) is 0 Å². The molecule has 1 fully saturated rings. The molecule has 0 radical (unpaired) electrons. The maximum Gasteiger partial charge on any atom is 0.430 e. The lowest BCUT2D eigenvalue weighted by Gasteiger charge is -2.28. The molecule has 1 aromatic carbocycles. The van der Waals surface area contributed by atoms with E-state index < -0.39 is 48.8 Å². The van der Waals surface area contributed by atoms with Gasteiger partial charge in [0.05, 0.1) is 23.6 Å². The predicted molar refractivity (Wildman–Crippen MR) is 91.6 cm³/mol. The van der Waals surface area contributed by atoms with Crippen molar-refractivity contribution in [3.05, 3.63) is 38.5 Å². The highest BCUT2D eigenvalue weighted by molar-refractivity contribution is 9.10. The van der Waals surface area contributed by atoms with E-state index in [4.69, 9.17) is 8.85 Å². The summed E-state index contributed by atoms with van der Waals surface area (Å²) in [5, 5.41) is 15.8. The van der Waals surface area contributed by atoms with Crippen molar-refractivity contribution < 1.29 is 41.4 Å². The number of alkyl halides is 3. The monoisotopic (exact) mass is 468 g/mol. The van der Waals surface area contributed by atoms with Crippen LogP contribution in [0.4, 0.5) is 13.2 Å². The highest BCUT2D eigenvalue weighted by atomic mass is 79.9. The standard InChI is InChI=1S/C16H15BrF3N3O5/c1-9-5-11(17)6-10-7-12(14(16(18,19)20)28-13(9)10)15(24)26-8-27-21-23(25)22-3-2-4-22/h5-7,14H,2-4,8H2,1H3/b23-21-/t14-/m0/s1/i1D3. The van der Waals surface area contributed by atoms with Gasteiger partial charge in [-0.3, -0.25) is 0 Å². The third-order valence-electron chi connectivity index (χ3n) is 3.89. The molecule has 8 nitrogen and oxygen atoms in total. The zero-order valence-electron chi connectivity index (χ0n) is 17.0. The normalized spacial score (nSPS) is 21.2. The van der Waals surface area contributed by atoms with Crippen molar-refractivity contribution in [3.63, 3.8) is 0 Å². The van der Waals surface area contributed by atoms with Gasteiger partial charge < -0.3 is 19.5 Å². The third kappa shape index (κ3) is 4.32. The Bertz CT molecular complexity index is 936. The van der Waals surface area contributed by atoms with E-state index in [0.717, 1.165) is 18.6 Å². The van der Waals surface area contributed by atoms with Crippen molar-refractivity contribution in [1.82, 2.24) is 5.01 Å². The van der Waals surface area contributed by atoms with Gasteiger partial charge in [0.15, 0.2) is 0 Å². The summed E-state index contributed by atoms with van der Waals surface area (Å²) in [5.74, 6) is -1.94. The van der Waals surface area contributed by atoms with Gasteiger partial charge in [-0.2, -0.15) is 13.2 Å². The number of esters is 1. The van der Waals surface area contributed by atoms with Crippen molar-refractivity contribution in [2.75, 3.05) is 19.9 Å². The molecule has 1 saturated heterocycles. The number of hydrazine groups is 1. The van der Waals surface area contributed by atoms with Crippen molar-refractivity contribution in [2.45, 2.75) is 25.6 Å². The first kappa shape index (κ1) is 16.5. The number of aryl methyl sites for hydroxylation is 1. The Morgan fingerprint density at radius 1 is 1.54 bits per heavy atom. The Labute approximate surface area is 170 Å². The molecule has 0 aliphatic carbocycles. The van der Waals surface area contributed by atoms with E-state index in [2.05, 4.69) is 30.8 Å². The fourth-order valence-electron chi connectivity index (χ4n) is 2.45. The number of carbonyl (C=O) groups excluding carboxylic acids is 1. The fourth-order valence-corrected chi connectivity index (χ4v) is 2.92. The van der Waals surface area contributed by atoms with Crippen molar-refractivity contribution in [2.24, 2.45) is 5.28 Å². The molecule has 0 unspecified atom stereocenters. The van der Waals surface area contributed by atoms with Crippen molar-refractivity contribution in [3.8, 4) is 5.75 Å². The molecule has 3 rings (SSSR count). The van der Waals surface area contributed by atoms with Gasteiger partial charge in [-0.25, -0.2) is 4.79 Å². The topological polar surface area (TPSA) is 86.4 Å². The zero-order valence-corrected chi connectivity index (χ0v) is 15.6. The number of hydrogen-bond acceptors (Lipinski definition) is 6. The SMILES string of the molecule is [2H]C([2H])([2H])c1cc(Br)cc2c1O[C@H](C(F)(F)F)C(C(=O)OCO/N=[N+](\[O-])N1CCC1)=C2. The van der Waals surface area contributed by atoms with E-state index in [-0.39, 0.29) is 15.0 Å². The number of hydrogen-bond donors (Lipinski definition) is 0. The minimum atomic E-state index is -5.05. The second kappa shape index (κ2) is 7.86. The molecule has 152 valence electrons. The summed E-state index contributed by atoms with van der Waals surface area (Å²) >= 11 is 3.09. The predicted octanol–water partition coefficient (Wildman–Crippen LogP) is 3.48. The highest BCUT2D eigenvalue weighted by Crippen LogP contribution is 2.40. The molecule has 2 heterocycles. The molecule has 1 atom stereocenters. The summed E-state index contributed by atoms with van der Waals surface area (Å²) in [6.45, 7) is -2.73. The average Bonchev–Trinajstić information content (AvgIpc) is 2.60. The lowest BCUT2D eigenvalue weighted by molar-refractivity contribution is -0.723. The molecule has 1 aromatic rings. The van der Waals surface area contributed by atoms with Crippen LogP contribution in [-0.2, 0) is 14.4 Å². The van der Waals surface area contributed by atoms with Gasteiger partial charge in [0.1, 0.15) is 5.75 Å². The van der Waals surface area contributed by atoms with Crippen LogP contribution in [0.2, 0.25) is 0 Å². The van der Waals surface area contributed by atoms with E-state index in [1.807, 2.05) is 0 Å². The molecule has 0 saturated carbocycles. The van der Waals surface area contributed by atoms with Crippen LogP contribution in [-0.4, -0.2) is 48.1 Å². The Hall–Kier alpha value is -2.50. The Morgan fingerprint density at radius 3 is 2.89 bits per heavy atom. The second-order valence-corrected chi connectivity index (χ2v) is 6.75. The molecule has 0 N–H and O–H groups in total. The number of halogens is 4. The van der Waals surface area contributed by atoms with Crippen LogP contribution in [0.5, 0.6) is 5.75 Å². The summed E-state index contributed by atoms with van der Waals surface area (Å²) in [7, 11) is 0. The number of benzene rings is 1. The van der Waals surface area contributed by atoms with E-state index in [0.29, 0.717) is 13.1 Å². The number of carbonyl (C=O) groups is 1. The number of rotatable bonds is 5. The van der Waals surface area contributed by atoms with Gasteiger partial charge in [0.25, 0.3) is 6.79 Å². The summed E-state index contributed by atoms with van der Waals surface area (Å²) in [4.78, 5) is 16.9. The van der Waals surface area contributed by atoms with Gasteiger partial charge in [0.2, 0.25) is 11.4 Å². The summed E-state index contributed by atoms with van der Waals surface area (Å²) in [5.41, 5.74) is -1.42. The smallest absolute Gasteiger partial charge is 0.430 e. The summed E-state index contributed by atoms with van der Waals surface area (Å²) < 4.78 is 73.1. The van der Waals surface area contributed by atoms with Gasteiger partial charge in [-0.15, -0.1) is 5.01 Å². The zero-order chi connectivity index (χ0) is 23.0. The molecular weight excluding hydrogens is 451 g/mol. The maximum atomic E-state index is 13.6. The largest absolute Gasteiger partial charge is 0.569 e. The van der Waals surface area contributed by atoms with Crippen LogP contribution in [0, 0.1) is 12.1 Å². The van der Waals surface area contributed by atoms with Crippen LogP contribution in [0.25, 0.3) is 6.08 Å². The molecule has 2 aliphatic rings. The molecule has 28 heavy (non-hydrogen) atoms. The van der Waals surface area contributed by atoms with E-state index in [1.54, 1.807) is 0 Å². The first-order chi connectivity index (χ1) is 14.4. The van der Waals surface area contributed by atoms with Crippen LogP contribution >= 0.6 is 15.9 Å². The molecule has 0 bridgehead atoms. The Morgan fingerprint density at radius 2 is 2.29 bits per heavy atom. The summed E-state index contributed by atoms with van der Waals surface area (Å²) in [6.07, 6.45) is -6.16. The van der Waals surface area contributed by atoms with Crippen molar-refractivity contribution >= 4 is 28.0 Å². The average molecular weight is 469 g/mol. The quantitative estimate of drug-likeness (QED) is 0.164. The van der Waals surface area contributed by atoms with Crippen molar-refractivity contribution in [1.29, 1.82) is 0 Å². The lowest BCUT2D eigenvalue weighted by Crippen LogP contribution is -2.42. The second-order valence-electron chi connectivity index (χ2n) is 5.83. The molecule has 12 heteroatoms. The van der Waals surface area contributed by atoms with E-state index in [1.165, 1.54) is 11.1 Å². The third-order valence-corrected chi connectivity index (χ3v) is 4.35. The van der Waals surface area contributed by atoms with Crippen LogP contribution in [0.1, 0.15) is 21.7 Å². The first-order valence-electron chi connectivity index (χ1n) is 9.39. The molecular formula is C16H15BrF3N3O5. The summed E-state index contributed by atoms with van der Waals surface area (Å²) in [6, 6.07) is 2.43. The first-order valence-corrected chi connectivity index (χ1v) is 8.68. The van der Waals surface area contributed by atoms with Gasteiger partial charge >= 0.3 is 12.1 Å². The van der Waals surface area contributed by atoms with Crippen LogP contribution in [0.15, 0.2) is 27.5 Å². The minimum Gasteiger partial charge on any atom is -0.569 e. The fraction of sp³-hybridized carbons (Fsp3) is 0.438.